The number of morpholine rings is 1. The average molecular weight is 244 g/mol. The maximum Gasteiger partial charge on any atom is 0.306 e. The van der Waals surface area contributed by atoms with Crippen molar-refractivity contribution in [2.45, 2.75) is 26.4 Å². The standard InChI is InChI=1S/C12H24N2O3/c1-3-13(4-2)5-6-14-7-8-17-11(10-14)9-12(15)16/h11H,3-10H2,1-2H3,(H,15,16). The first kappa shape index (κ1) is 14.4. The topological polar surface area (TPSA) is 53.0 Å². The zero-order valence-corrected chi connectivity index (χ0v) is 10.9. The summed E-state index contributed by atoms with van der Waals surface area (Å²) in [7, 11) is 0. The van der Waals surface area contributed by atoms with Crippen LogP contribution in [-0.4, -0.2) is 72.9 Å². The Bertz CT molecular complexity index is 232. The summed E-state index contributed by atoms with van der Waals surface area (Å²) < 4.78 is 5.44. The molecular weight excluding hydrogens is 220 g/mol. The molecule has 1 atom stereocenters. The fourth-order valence-corrected chi connectivity index (χ4v) is 2.12. The molecule has 17 heavy (non-hydrogen) atoms. The molecule has 100 valence electrons. The van der Waals surface area contributed by atoms with Gasteiger partial charge in [0.1, 0.15) is 0 Å². The van der Waals surface area contributed by atoms with E-state index in [9.17, 15) is 4.79 Å². The minimum Gasteiger partial charge on any atom is -0.481 e. The van der Waals surface area contributed by atoms with Crippen LogP contribution in [0.25, 0.3) is 0 Å². The fraction of sp³-hybridized carbons (Fsp3) is 0.917. The molecule has 0 spiro atoms. The quantitative estimate of drug-likeness (QED) is 0.707. The number of nitrogens with zero attached hydrogens (tertiary/aromatic N) is 2. The highest BCUT2D eigenvalue weighted by molar-refractivity contribution is 5.67. The number of carbonyl (C=O) groups is 1. The van der Waals surface area contributed by atoms with E-state index < -0.39 is 5.97 Å². The second kappa shape index (κ2) is 7.63. The lowest BCUT2D eigenvalue weighted by molar-refractivity contribution is -0.142. The summed E-state index contributed by atoms with van der Waals surface area (Å²) in [5.74, 6) is -0.777. The van der Waals surface area contributed by atoms with Gasteiger partial charge < -0.3 is 14.7 Å². The number of carboxylic acids is 1. The van der Waals surface area contributed by atoms with E-state index in [1.165, 1.54) is 0 Å². The summed E-state index contributed by atoms with van der Waals surface area (Å²) >= 11 is 0. The van der Waals surface area contributed by atoms with Crippen LogP contribution < -0.4 is 0 Å². The van der Waals surface area contributed by atoms with Crippen LogP contribution in [0.1, 0.15) is 20.3 Å². The fourth-order valence-electron chi connectivity index (χ4n) is 2.12. The molecule has 1 N–H and O–H groups in total. The Labute approximate surface area is 103 Å². The highest BCUT2D eigenvalue weighted by Gasteiger charge is 2.22. The van der Waals surface area contributed by atoms with Gasteiger partial charge in [-0.05, 0) is 13.1 Å². The molecule has 0 aliphatic carbocycles. The smallest absolute Gasteiger partial charge is 0.306 e. The van der Waals surface area contributed by atoms with E-state index >= 15 is 0 Å². The minimum atomic E-state index is -0.777. The van der Waals surface area contributed by atoms with Gasteiger partial charge in [0, 0.05) is 26.2 Å². The first-order valence-electron chi connectivity index (χ1n) is 6.43. The molecule has 1 aliphatic heterocycles. The maximum absolute atomic E-state index is 10.6. The zero-order valence-electron chi connectivity index (χ0n) is 10.9. The molecule has 0 saturated carbocycles. The molecule has 1 unspecified atom stereocenters. The molecule has 1 fully saturated rings. The molecule has 1 saturated heterocycles. The number of carboxylic acid groups (broad SMARTS) is 1. The molecule has 0 amide bonds. The monoisotopic (exact) mass is 244 g/mol. The van der Waals surface area contributed by atoms with Gasteiger partial charge in [-0.1, -0.05) is 13.8 Å². The minimum absolute atomic E-state index is 0.113. The largest absolute Gasteiger partial charge is 0.481 e. The molecule has 0 aromatic carbocycles. The van der Waals surface area contributed by atoms with Crippen LogP contribution in [-0.2, 0) is 9.53 Å². The highest BCUT2D eigenvalue weighted by atomic mass is 16.5. The van der Waals surface area contributed by atoms with Crippen molar-refractivity contribution in [1.29, 1.82) is 0 Å². The SMILES string of the molecule is CCN(CC)CCN1CCOC(CC(=O)O)C1. The maximum atomic E-state index is 10.6. The Hall–Kier alpha value is -0.650. The number of hydrogen-bond acceptors (Lipinski definition) is 4. The van der Waals surface area contributed by atoms with Gasteiger partial charge in [-0.15, -0.1) is 0 Å². The Morgan fingerprint density at radius 1 is 1.47 bits per heavy atom. The third kappa shape index (κ3) is 5.48. The van der Waals surface area contributed by atoms with Gasteiger partial charge >= 0.3 is 5.97 Å². The second-order valence-electron chi connectivity index (χ2n) is 4.42. The lowest BCUT2D eigenvalue weighted by Crippen LogP contribution is -2.46. The van der Waals surface area contributed by atoms with Crippen LogP contribution in [0.5, 0.6) is 0 Å². The van der Waals surface area contributed by atoms with Crippen LogP contribution in [0.4, 0.5) is 0 Å². The number of rotatable bonds is 7. The van der Waals surface area contributed by atoms with Crippen molar-refractivity contribution in [2.75, 3.05) is 45.9 Å². The van der Waals surface area contributed by atoms with Crippen molar-refractivity contribution >= 4 is 5.97 Å². The van der Waals surface area contributed by atoms with E-state index in [4.69, 9.17) is 9.84 Å². The van der Waals surface area contributed by atoms with E-state index in [-0.39, 0.29) is 12.5 Å². The molecule has 0 aromatic heterocycles. The predicted molar refractivity (Wildman–Crippen MR) is 66.2 cm³/mol. The zero-order chi connectivity index (χ0) is 12.7. The second-order valence-corrected chi connectivity index (χ2v) is 4.42. The van der Waals surface area contributed by atoms with Gasteiger partial charge in [0.15, 0.2) is 0 Å². The summed E-state index contributed by atoms with van der Waals surface area (Å²) in [4.78, 5) is 15.3. The first-order valence-corrected chi connectivity index (χ1v) is 6.43. The normalized spacial score (nSPS) is 21.9. The third-order valence-corrected chi connectivity index (χ3v) is 3.25. The summed E-state index contributed by atoms with van der Waals surface area (Å²) in [5.41, 5.74) is 0. The van der Waals surface area contributed by atoms with E-state index in [1.54, 1.807) is 0 Å². The summed E-state index contributed by atoms with van der Waals surface area (Å²) in [6, 6.07) is 0. The van der Waals surface area contributed by atoms with Crippen molar-refractivity contribution < 1.29 is 14.6 Å². The van der Waals surface area contributed by atoms with Gasteiger partial charge in [-0.3, -0.25) is 9.69 Å². The Kier molecular flexibility index (Phi) is 6.47. The number of ether oxygens (including phenoxy) is 1. The average Bonchev–Trinajstić information content (AvgIpc) is 2.30. The summed E-state index contributed by atoms with van der Waals surface area (Å²) in [5, 5.41) is 8.74. The predicted octanol–water partition coefficient (Wildman–Crippen LogP) is 0.504. The van der Waals surface area contributed by atoms with Gasteiger partial charge in [-0.25, -0.2) is 0 Å². The Balaban J connectivity index is 2.26. The van der Waals surface area contributed by atoms with E-state index in [1.807, 2.05) is 0 Å². The van der Waals surface area contributed by atoms with Crippen LogP contribution in [0.15, 0.2) is 0 Å². The lowest BCUT2D eigenvalue weighted by Gasteiger charge is -2.33. The van der Waals surface area contributed by atoms with Gasteiger partial charge in [0.25, 0.3) is 0 Å². The molecule has 0 radical (unpaired) electrons. The number of hydrogen-bond donors (Lipinski definition) is 1. The van der Waals surface area contributed by atoms with Crippen LogP contribution in [0.2, 0.25) is 0 Å². The molecule has 5 nitrogen and oxygen atoms in total. The van der Waals surface area contributed by atoms with Gasteiger partial charge in [0.2, 0.25) is 0 Å². The summed E-state index contributed by atoms with van der Waals surface area (Å²) in [6.07, 6.45) is -0.0279. The Morgan fingerprint density at radius 3 is 2.76 bits per heavy atom. The molecule has 1 rings (SSSR count). The van der Waals surface area contributed by atoms with Gasteiger partial charge in [0.05, 0.1) is 19.1 Å². The lowest BCUT2D eigenvalue weighted by atomic mass is 10.2. The van der Waals surface area contributed by atoms with E-state index in [0.717, 1.165) is 39.3 Å². The molecular formula is C12H24N2O3. The third-order valence-electron chi connectivity index (χ3n) is 3.25. The van der Waals surface area contributed by atoms with E-state index in [0.29, 0.717) is 6.61 Å². The van der Waals surface area contributed by atoms with Crippen molar-refractivity contribution in [3.8, 4) is 0 Å². The first-order chi connectivity index (χ1) is 8.15. The number of aliphatic carboxylic acids is 1. The summed E-state index contributed by atoms with van der Waals surface area (Å²) in [6.45, 7) is 10.8. The highest BCUT2D eigenvalue weighted by Crippen LogP contribution is 2.08. The van der Waals surface area contributed by atoms with Crippen LogP contribution in [0, 0.1) is 0 Å². The molecule has 0 bridgehead atoms. The van der Waals surface area contributed by atoms with Crippen LogP contribution >= 0.6 is 0 Å². The van der Waals surface area contributed by atoms with E-state index in [2.05, 4.69) is 23.6 Å². The van der Waals surface area contributed by atoms with Gasteiger partial charge in [-0.2, -0.15) is 0 Å². The molecule has 1 aliphatic rings. The van der Waals surface area contributed by atoms with Crippen molar-refractivity contribution in [2.24, 2.45) is 0 Å². The molecule has 1 heterocycles. The van der Waals surface area contributed by atoms with Crippen molar-refractivity contribution in [3.63, 3.8) is 0 Å². The number of likely N-dealkylation sites (N-methyl/N-ethyl adjacent to an activating group) is 1. The molecule has 0 aromatic rings. The molecule has 5 heteroatoms. The Morgan fingerprint density at radius 2 is 2.18 bits per heavy atom. The van der Waals surface area contributed by atoms with Crippen LogP contribution in [0.3, 0.4) is 0 Å². The van der Waals surface area contributed by atoms with Crippen molar-refractivity contribution in [3.05, 3.63) is 0 Å². The van der Waals surface area contributed by atoms with Crippen molar-refractivity contribution in [1.82, 2.24) is 9.80 Å².